The molecule has 1 aliphatic rings. The Labute approximate surface area is 132 Å². The maximum Gasteiger partial charge on any atom is 0.254 e. The molecule has 0 aliphatic heterocycles. The minimum Gasteiger partial charge on any atom is -0.336 e. The van der Waals surface area contributed by atoms with Gasteiger partial charge in [-0.05, 0) is 44.2 Å². The van der Waals surface area contributed by atoms with E-state index in [9.17, 15) is 4.79 Å². The fourth-order valence-corrected chi connectivity index (χ4v) is 3.23. The first-order valence-electron chi connectivity index (χ1n) is 7.92. The first kappa shape index (κ1) is 16.3. The second-order valence-corrected chi connectivity index (χ2v) is 6.83. The Kier molecular flexibility index (Phi) is 5.63. The van der Waals surface area contributed by atoms with Gasteiger partial charge in [-0.25, -0.2) is 4.98 Å². The van der Waals surface area contributed by atoms with Crippen LogP contribution >= 0.6 is 11.6 Å². The molecular formula is C17H25ClN2O. The molecule has 3 nitrogen and oxygen atoms in total. The quantitative estimate of drug-likeness (QED) is 0.752. The van der Waals surface area contributed by atoms with Crippen molar-refractivity contribution in [1.82, 2.24) is 9.88 Å². The summed E-state index contributed by atoms with van der Waals surface area (Å²) < 4.78 is 0. The number of rotatable bonds is 5. The molecule has 1 amide bonds. The molecule has 1 aliphatic carbocycles. The van der Waals surface area contributed by atoms with Crippen molar-refractivity contribution in [2.75, 3.05) is 6.54 Å². The van der Waals surface area contributed by atoms with Gasteiger partial charge in [0.05, 0.1) is 0 Å². The molecule has 4 heteroatoms. The Morgan fingerprint density at radius 1 is 1.38 bits per heavy atom. The highest BCUT2D eigenvalue weighted by molar-refractivity contribution is 6.29. The van der Waals surface area contributed by atoms with Gasteiger partial charge < -0.3 is 4.90 Å². The minimum atomic E-state index is 0.106. The van der Waals surface area contributed by atoms with E-state index in [1.54, 1.807) is 6.07 Å². The number of pyridine rings is 1. The molecule has 116 valence electrons. The average molecular weight is 309 g/mol. The molecule has 0 radical (unpaired) electrons. The number of nitrogens with zero attached hydrogens (tertiary/aromatic N) is 2. The molecule has 1 aromatic rings. The lowest BCUT2D eigenvalue weighted by Gasteiger charge is -2.30. The molecule has 0 bridgehead atoms. The number of aromatic nitrogens is 1. The zero-order valence-electron chi connectivity index (χ0n) is 13.2. The number of carbonyl (C=O) groups excluding carboxylic acids is 1. The maximum absolute atomic E-state index is 12.9. The van der Waals surface area contributed by atoms with Gasteiger partial charge in [-0.1, -0.05) is 38.3 Å². The van der Waals surface area contributed by atoms with Gasteiger partial charge in [-0.2, -0.15) is 0 Å². The molecule has 1 saturated carbocycles. The van der Waals surface area contributed by atoms with Crippen molar-refractivity contribution >= 4 is 17.5 Å². The third-order valence-electron chi connectivity index (χ3n) is 4.14. The molecule has 0 spiro atoms. The van der Waals surface area contributed by atoms with Gasteiger partial charge in [0.15, 0.2) is 0 Å². The Balaban J connectivity index is 2.19. The van der Waals surface area contributed by atoms with E-state index in [2.05, 4.69) is 23.7 Å². The fourth-order valence-electron chi connectivity index (χ4n) is 2.98. The second-order valence-electron chi connectivity index (χ2n) is 6.44. The largest absolute Gasteiger partial charge is 0.336 e. The minimum absolute atomic E-state index is 0.106. The highest BCUT2D eigenvalue weighted by Crippen LogP contribution is 2.26. The molecule has 2 rings (SSSR count). The summed E-state index contributed by atoms with van der Waals surface area (Å²) in [6, 6.07) is 3.92. The summed E-state index contributed by atoms with van der Waals surface area (Å²) in [5.41, 5.74) is 1.46. The SMILES string of the molecule is Cc1cc(C(=O)N(CCC(C)C)C2CCCC2)cc(Cl)n1. The summed E-state index contributed by atoms with van der Waals surface area (Å²) in [7, 11) is 0. The molecule has 0 atom stereocenters. The lowest BCUT2D eigenvalue weighted by molar-refractivity contribution is 0.0671. The van der Waals surface area contributed by atoms with Crippen molar-refractivity contribution in [2.24, 2.45) is 5.92 Å². The van der Waals surface area contributed by atoms with Gasteiger partial charge >= 0.3 is 0 Å². The van der Waals surface area contributed by atoms with Crippen LogP contribution in [0.15, 0.2) is 12.1 Å². The van der Waals surface area contributed by atoms with Gasteiger partial charge in [0.25, 0.3) is 5.91 Å². The van der Waals surface area contributed by atoms with Gasteiger partial charge in [-0.15, -0.1) is 0 Å². The average Bonchev–Trinajstić information content (AvgIpc) is 2.91. The van der Waals surface area contributed by atoms with Crippen molar-refractivity contribution in [1.29, 1.82) is 0 Å². The molecule has 0 unspecified atom stereocenters. The number of hydrogen-bond acceptors (Lipinski definition) is 2. The van der Waals surface area contributed by atoms with Gasteiger partial charge in [0, 0.05) is 23.8 Å². The number of aryl methyl sites for hydroxylation is 1. The third kappa shape index (κ3) is 4.44. The van der Waals surface area contributed by atoms with Crippen LogP contribution in [-0.4, -0.2) is 28.4 Å². The number of amides is 1. The first-order chi connectivity index (χ1) is 9.97. The molecule has 0 saturated heterocycles. The van der Waals surface area contributed by atoms with Gasteiger partial charge in [0.2, 0.25) is 0 Å². The van der Waals surface area contributed by atoms with Crippen molar-refractivity contribution < 1.29 is 4.79 Å². The van der Waals surface area contributed by atoms with E-state index in [1.165, 1.54) is 12.8 Å². The van der Waals surface area contributed by atoms with Crippen molar-refractivity contribution in [2.45, 2.75) is 58.9 Å². The number of carbonyl (C=O) groups is 1. The molecule has 1 fully saturated rings. The molecular weight excluding hydrogens is 284 g/mol. The third-order valence-corrected chi connectivity index (χ3v) is 4.34. The standard InChI is InChI=1S/C17H25ClN2O/c1-12(2)8-9-20(15-6-4-5-7-15)17(21)14-10-13(3)19-16(18)11-14/h10-12,15H,4-9H2,1-3H3. The normalized spacial score (nSPS) is 15.7. The fraction of sp³-hybridized carbons (Fsp3) is 0.647. The highest BCUT2D eigenvalue weighted by Gasteiger charge is 2.27. The van der Waals surface area contributed by atoms with Crippen molar-refractivity contribution in [3.05, 3.63) is 28.5 Å². The van der Waals surface area contributed by atoms with E-state index in [0.29, 0.717) is 22.7 Å². The number of halogens is 1. The lowest BCUT2D eigenvalue weighted by Crippen LogP contribution is -2.40. The van der Waals surface area contributed by atoms with E-state index in [0.717, 1.165) is 31.5 Å². The monoisotopic (exact) mass is 308 g/mol. The van der Waals surface area contributed by atoms with Crippen LogP contribution in [0.4, 0.5) is 0 Å². The summed E-state index contributed by atoms with van der Waals surface area (Å²) in [5.74, 6) is 0.708. The van der Waals surface area contributed by atoms with Crippen LogP contribution in [0, 0.1) is 12.8 Å². The van der Waals surface area contributed by atoms with Gasteiger partial charge in [0.1, 0.15) is 5.15 Å². The Morgan fingerprint density at radius 3 is 2.62 bits per heavy atom. The maximum atomic E-state index is 12.9. The van der Waals surface area contributed by atoms with Crippen molar-refractivity contribution in [3.8, 4) is 0 Å². The zero-order valence-corrected chi connectivity index (χ0v) is 14.0. The second kappa shape index (κ2) is 7.26. The topological polar surface area (TPSA) is 33.2 Å². The summed E-state index contributed by atoms with van der Waals surface area (Å²) in [6.45, 7) is 7.10. The van der Waals surface area contributed by atoms with Crippen LogP contribution in [0.3, 0.4) is 0 Å². The molecule has 0 N–H and O–H groups in total. The molecule has 1 aromatic heterocycles. The predicted octanol–water partition coefficient (Wildman–Crippen LogP) is 4.47. The zero-order chi connectivity index (χ0) is 15.4. The molecule has 21 heavy (non-hydrogen) atoms. The van der Waals surface area contributed by atoms with Crippen LogP contribution in [0.5, 0.6) is 0 Å². The van der Waals surface area contributed by atoms with E-state index in [-0.39, 0.29) is 5.91 Å². The Hall–Kier alpha value is -1.09. The van der Waals surface area contributed by atoms with E-state index in [4.69, 9.17) is 11.6 Å². The number of hydrogen-bond donors (Lipinski definition) is 0. The lowest BCUT2D eigenvalue weighted by atomic mass is 10.1. The highest BCUT2D eigenvalue weighted by atomic mass is 35.5. The van der Waals surface area contributed by atoms with Crippen molar-refractivity contribution in [3.63, 3.8) is 0 Å². The smallest absolute Gasteiger partial charge is 0.254 e. The first-order valence-corrected chi connectivity index (χ1v) is 8.30. The van der Waals surface area contributed by atoms with Crippen LogP contribution in [-0.2, 0) is 0 Å². The summed E-state index contributed by atoms with van der Waals surface area (Å²) in [6.07, 6.45) is 5.75. The summed E-state index contributed by atoms with van der Waals surface area (Å²) in [4.78, 5) is 19.1. The van der Waals surface area contributed by atoms with E-state index in [1.807, 2.05) is 13.0 Å². The Morgan fingerprint density at radius 2 is 2.05 bits per heavy atom. The van der Waals surface area contributed by atoms with Crippen LogP contribution in [0.1, 0.15) is 62.0 Å². The summed E-state index contributed by atoms with van der Waals surface area (Å²) >= 11 is 6.00. The molecule has 1 heterocycles. The van der Waals surface area contributed by atoms with Crippen LogP contribution in [0.25, 0.3) is 0 Å². The molecule has 0 aromatic carbocycles. The van der Waals surface area contributed by atoms with E-state index < -0.39 is 0 Å². The van der Waals surface area contributed by atoms with Gasteiger partial charge in [-0.3, -0.25) is 4.79 Å². The van der Waals surface area contributed by atoms with Crippen LogP contribution < -0.4 is 0 Å². The predicted molar refractivity (Wildman–Crippen MR) is 86.7 cm³/mol. The summed E-state index contributed by atoms with van der Waals surface area (Å²) in [5, 5.41) is 0.397. The Bertz CT molecular complexity index is 475. The van der Waals surface area contributed by atoms with E-state index >= 15 is 0 Å². The van der Waals surface area contributed by atoms with Crippen LogP contribution in [0.2, 0.25) is 5.15 Å².